The predicted molar refractivity (Wildman–Crippen MR) is 92.6 cm³/mol. The van der Waals surface area contributed by atoms with Crippen molar-refractivity contribution in [2.45, 2.75) is 38.8 Å². The van der Waals surface area contributed by atoms with Crippen molar-refractivity contribution in [1.29, 1.82) is 0 Å². The summed E-state index contributed by atoms with van der Waals surface area (Å²) in [6.07, 6.45) is 1.01. The van der Waals surface area contributed by atoms with Gasteiger partial charge in [-0.05, 0) is 52.9 Å². The Hall–Kier alpha value is -1.96. The number of amides is 2. The minimum absolute atomic E-state index is 0.0929. The van der Waals surface area contributed by atoms with E-state index in [9.17, 15) is 23.9 Å². The number of carbonyl (C=O) groups excluding carboxylic acids is 2. The van der Waals surface area contributed by atoms with Crippen LogP contribution in [0.1, 0.15) is 37.0 Å². The first-order valence-electron chi connectivity index (χ1n) is 8.01. The van der Waals surface area contributed by atoms with E-state index in [4.69, 9.17) is 0 Å². The molecular weight excluding hydrogens is 395 g/mol. The van der Waals surface area contributed by atoms with E-state index in [1.54, 1.807) is 13.8 Å². The lowest BCUT2D eigenvalue weighted by atomic mass is 10.0. The fourth-order valence-corrected chi connectivity index (χ4v) is 3.09. The van der Waals surface area contributed by atoms with Crippen LogP contribution in [-0.2, 0) is 9.59 Å². The van der Waals surface area contributed by atoms with Gasteiger partial charge >= 0.3 is 5.97 Å². The topological polar surface area (TPSA) is 86.7 Å². The number of carboxylic acid groups (broad SMARTS) is 1. The number of rotatable bonds is 5. The fourth-order valence-electron chi connectivity index (χ4n) is 2.84. The average molecular weight is 415 g/mol. The van der Waals surface area contributed by atoms with E-state index in [0.29, 0.717) is 19.4 Å². The van der Waals surface area contributed by atoms with Gasteiger partial charge in [0.1, 0.15) is 17.9 Å². The van der Waals surface area contributed by atoms with Crippen molar-refractivity contribution in [2.24, 2.45) is 5.92 Å². The Bertz CT molecular complexity index is 695. The molecule has 136 valence electrons. The molecule has 6 nitrogen and oxygen atoms in total. The van der Waals surface area contributed by atoms with E-state index in [-0.39, 0.29) is 16.0 Å². The third kappa shape index (κ3) is 4.36. The third-order valence-corrected chi connectivity index (χ3v) is 4.87. The fraction of sp³-hybridized carbons (Fsp3) is 0.471. The van der Waals surface area contributed by atoms with Crippen LogP contribution in [0.5, 0.6) is 0 Å². The molecular formula is C17H20BrFN2O4. The number of likely N-dealkylation sites (tertiary alicyclic amines) is 1. The van der Waals surface area contributed by atoms with Crippen LogP contribution >= 0.6 is 15.9 Å². The summed E-state index contributed by atoms with van der Waals surface area (Å²) < 4.78 is 13.9. The molecule has 0 saturated carbocycles. The minimum atomic E-state index is -1.05. The molecule has 2 rings (SSSR count). The number of nitrogens with zero attached hydrogens (tertiary/aromatic N) is 1. The second-order valence-corrected chi connectivity index (χ2v) is 7.21. The number of benzene rings is 1. The molecule has 0 radical (unpaired) electrons. The summed E-state index contributed by atoms with van der Waals surface area (Å²) in [5, 5.41) is 11.9. The smallest absolute Gasteiger partial charge is 0.326 e. The minimum Gasteiger partial charge on any atom is -0.480 e. The molecule has 1 heterocycles. The maximum absolute atomic E-state index is 13.6. The highest BCUT2D eigenvalue weighted by Gasteiger charge is 2.38. The van der Waals surface area contributed by atoms with Crippen LogP contribution in [0, 0.1) is 11.7 Å². The largest absolute Gasteiger partial charge is 0.480 e. The Labute approximate surface area is 153 Å². The summed E-state index contributed by atoms with van der Waals surface area (Å²) in [7, 11) is 0. The van der Waals surface area contributed by atoms with Crippen molar-refractivity contribution in [3.05, 3.63) is 34.1 Å². The van der Waals surface area contributed by atoms with E-state index in [0.717, 1.165) is 6.07 Å². The molecule has 0 aliphatic carbocycles. The molecule has 0 bridgehead atoms. The van der Waals surface area contributed by atoms with Crippen LogP contribution in [0.25, 0.3) is 0 Å². The van der Waals surface area contributed by atoms with Crippen molar-refractivity contribution >= 4 is 33.7 Å². The zero-order valence-electron chi connectivity index (χ0n) is 14.0. The molecule has 2 atom stereocenters. The number of hydrogen-bond acceptors (Lipinski definition) is 3. The van der Waals surface area contributed by atoms with Gasteiger partial charge in [0.25, 0.3) is 5.91 Å². The summed E-state index contributed by atoms with van der Waals surface area (Å²) in [4.78, 5) is 37.7. The van der Waals surface area contributed by atoms with Crippen LogP contribution in [0.15, 0.2) is 22.7 Å². The number of carboxylic acids is 1. The van der Waals surface area contributed by atoms with E-state index in [1.807, 2.05) is 0 Å². The summed E-state index contributed by atoms with van der Waals surface area (Å²) >= 11 is 3.02. The first-order chi connectivity index (χ1) is 11.7. The Balaban J connectivity index is 2.17. The molecule has 0 aromatic heterocycles. The van der Waals surface area contributed by atoms with Crippen LogP contribution in [0.4, 0.5) is 4.39 Å². The second kappa shape index (κ2) is 7.95. The Kier molecular flexibility index (Phi) is 6.16. The molecule has 1 fully saturated rings. The molecule has 1 aliphatic rings. The summed E-state index contributed by atoms with van der Waals surface area (Å²) in [5.74, 6) is -2.87. The molecule has 2 amide bonds. The molecule has 8 heteroatoms. The normalized spacial score (nSPS) is 18.3. The highest BCUT2D eigenvalue weighted by Crippen LogP contribution is 2.21. The summed E-state index contributed by atoms with van der Waals surface area (Å²) in [5.41, 5.74) is 0.0929. The maximum atomic E-state index is 13.6. The highest BCUT2D eigenvalue weighted by atomic mass is 79.9. The predicted octanol–water partition coefficient (Wildman–Crippen LogP) is 2.42. The number of hydrogen-bond donors (Lipinski definition) is 2. The van der Waals surface area contributed by atoms with Gasteiger partial charge in [-0.25, -0.2) is 9.18 Å². The van der Waals surface area contributed by atoms with Gasteiger partial charge in [-0.1, -0.05) is 13.8 Å². The molecule has 1 aromatic carbocycles. The second-order valence-electron chi connectivity index (χ2n) is 6.35. The number of nitrogens with one attached hydrogen (secondary N) is 1. The molecule has 2 N–H and O–H groups in total. The SMILES string of the molecule is CC(C)C(NC(=O)c1ccc(Br)c(F)c1)C(=O)N1CCC[C@H]1C(=O)O. The van der Waals surface area contributed by atoms with Gasteiger partial charge in [-0.15, -0.1) is 0 Å². The molecule has 1 saturated heterocycles. The van der Waals surface area contributed by atoms with Crippen LogP contribution in [0.2, 0.25) is 0 Å². The number of halogens is 2. The van der Waals surface area contributed by atoms with Gasteiger partial charge in [0.15, 0.2) is 0 Å². The van der Waals surface area contributed by atoms with Crippen LogP contribution in [0.3, 0.4) is 0 Å². The van der Waals surface area contributed by atoms with Crippen molar-refractivity contribution in [3.63, 3.8) is 0 Å². The monoisotopic (exact) mass is 414 g/mol. The van der Waals surface area contributed by atoms with Gasteiger partial charge in [0, 0.05) is 12.1 Å². The Morgan fingerprint density at radius 2 is 2.04 bits per heavy atom. The van der Waals surface area contributed by atoms with Crippen LogP contribution in [-0.4, -0.2) is 46.4 Å². The maximum Gasteiger partial charge on any atom is 0.326 e. The van der Waals surface area contributed by atoms with Crippen LogP contribution < -0.4 is 5.32 Å². The average Bonchev–Trinajstić information content (AvgIpc) is 3.04. The molecule has 1 aromatic rings. The zero-order chi connectivity index (χ0) is 18.7. The van der Waals surface area contributed by atoms with Crippen molar-refractivity contribution in [2.75, 3.05) is 6.54 Å². The van der Waals surface area contributed by atoms with Gasteiger partial charge < -0.3 is 15.3 Å². The van der Waals surface area contributed by atoms with Crippen molar-refractivity contribution < 1.29 is 23.9 Å². The Morgan fingerprint density at radius 1 is 1.36 bits per heavy atom. The van der Waals surface area contributed by atoms with Gasteiger partial charge in [-0.2, -0.15) is 0 Å². The Morgan fingerprint density at radius 3 is 2.60 bits per heavy atom. The van der Waals surface area contributed by atoms with E-state index < -0.39 is 35.7 Å². The molecule has 1 aliphatic heterocycles. The summed E-state index contributed by atoms with van der Waals surface area (Å²) in [6.45, 7) is 3.87. The van der Waals surface area contributed by atoms with E-state index in [1.165, 1.54) is 17.0 Å². The number of aliphatic carboxylic acids is 1. The number of carbonyl (C=O) groups is 3. The lowest BCUT2D eigenvalue weighted by Gasteiger charge is -2.29. The lowest BCUT2D eigenvalue weighted by Crippen LogP contribution is -2.53. The first-order valence-corrected chi connectivity index (χ1v) is 8.81. The zero-order valence-corrected chi connectivity index (χ0v) is 15.5. The summed E-state index contributed by atoms with van der Waals surface area (Å²) in [6, 6.07) is 2.20. The third-order valence-electron chi connectivity index (χ3n) is 4.22. The van der Waals surface area contributed by atoms with E-state index in [2.05, 4.69) is 21.2 Å². The first kappa shape index (κ1) is 19.4. The van der Waals surface area contributed by atoms with E-state index >= 15 is 0 Å². The standard InChI is InChI=1S/C17H20BrFN2O4/c1-9(2)14(16(23)21-7-3-4-13(21)17(24)25)20-15(22)10-5-6-11(18)12(19)8-10/h5-6,8-9,13-14H,3-4,7H2,1-2H3,(H,20,22)(H,24,25)/t13-,14?/m0/s1. The quantitative estimate of drug-likeness (QED) is 0.774. The van der Waals surface area contributed by atoms with Gasteiger partial charge in [0.2, 0.25) is 5.91 Å². The van der Waals surface area contributed by atoms with Crippen molar-refractivity contribution in [3.8, 4) is 0 Å². The van der Waals surface area contributed by atoms with Gasteiger partial charge in [-0.3, -0.25) is 9.59 Å². The molecule has 1 unspecified atom stereocenters. The molecule has 25 heavy (non-hydrogen) atoms. The highest BCUT2D eigenvalue weighted by molar-refractivity contribution is 9.10. The molecule has 0 spiro atoms. The van der Waals surface area contributed by atoms with Crippen molar-refractivity contribution in [1.82, 2.24) is 10.2 Å². The van der Waals surface area contributed by atoms with Gasteiger partial charge in [0.05, 0.1) is 4.47 Å². The lowest BCUT2D eigenvalue weighted by molar-refractivity contribution is -0.149.